The average Bonchev–Trinajstić information content (AvgIpc) is 2.45. The largest absolute Gasteiger partial charge is 0.465 e. The Kier molecular flexibility index (Phi) is 4.54. The zero-order chi connectivity index (χ0) is 14.5. The number of amides is 2. The molecule has 0 bridgehead atoms. The monoisotopic (exact) mass is 278 g/mol. The summed E-state index contributed by atoms with van der Waals surface area (Å²) < 4.78 is 4.86. The van der Waals surface area contributed by atoms with Crippen LogP contribution in [0, 0.1) is 0 Å². The molecular weight excluding hydrogens is 260 g/mol. The van der Waals surface area contributed by atoms with Gasteiger partial charge in [-0.25, -0.2) is 20.7 Å². The minimum atomic E-state index is -0.449. The molecule has 2 amide bonds. The van der Waals surface area contributed by atoms with E-state index in [-0.39, 0.29) is 25.3 Å². The topological polar surface area (TPSA) is 73.9 Å². The Hall–Kier alpha value is -2.12. The van der Waals surface area contributed by atoms with Crippen LogP contribution < -0.4 is 10.9 Å². The third-order valence-corrected chi connectivity index (χ3v) is 2.85. The Bertz CT molecular complexity index is 480. The van der Waals surface area contributed by atoms with Crippen LogP contribution in [0.25, 0.3) is 0 Å². The van der Waals surface area contributed by atoms with E-state index in [4.69, 9.17) is 4.74 Å². The first-order valence-electron chi connectivity index (χ1n) is 6.40. The molecule has 1 atom stereocenters. The van der Waals surface area contributed by atoms with E-state index in [0.717, 1.165) is 5.56 Å². The highest BCUT2D eigenvalue weighted by atomic mass is 16.5. The lowest BCUT2D eigenvalue weighted by atomic mass is 10.2. The summed E-state index contributed by atoms with van der Waals surface area (Å²) in [6.07, 6.45) is -0.284. The summed E-state index contributed by atoms with van der Waals surface area (Å²) in [6.45, 7) is 1.88. The van der Waals surface area contributed by atoms with Gasteiger partial charge in [0, 0.05) is 7.05 Å². The second-order valence-electron chi connectivity index (χ2n) is 4.33. The molecule has 1 aliphatic rings. The number of ether oxygens (including phenoxy) is 1. The van der Waals surface area contributed by atoms with Crippen molar-refractivity contribution in [2.24, 2.45) is 0 Å². The summed E-state index contributed by atoms with van der Waals surface area (Å²) in [6, 6.07) is 9.24. The summed E-state index contributed by atoms with van der Waals surface area (Å²) in [4.78, 5) is 23.5. The molecule has 2 rings (SSSR count). The van der Waals surface area contributed by atoms with Crippen molar-refractivity contribution >= 4 is 12.0 Å². The van der Waals surface area contributed by atoms with E-state index in [1.807, 2.05) is 30.3 Å². The molecule has 1 heterocycles. The third-order valence-electron chi connectivity index (χ3n) is 2.85. The molecule has 0 saturated carbocycles. The number of hydrogen-bond donors (Lipinski definition) is 2. The van der Waals surface area contributed by atoms with Crippen LogP contribution in [0.2, 0.25) is 0 Å². The average molecular weight is 278 g/mol. The first-order chi connectivity index (χ1) is 9.61. The van der Waals surface area contributed by atoms with Crippen LogP contribution in [-0.2, 0) is 9.53 Å². The number of benzene rings is 1. The van der Waals surface area contributed by atoms with Gasteiger partial charge < -0.3 is 4.74 Å². The van der Waals surface area contributed by atoms with Crippen LogP contribution in [0.4, 0.5) is 4.79 Å². The molecule has 1 saturated heterocycles. The second-order valence-corrected chi connectivity index (χ2v) is 4.33. The molecule has 0 radical (unpaired) electrons. The molecule has 1 unspecified atom stereocenters. The van der Waals surface area contributed by atoms with Crippen molar-refractivity contribution in [1.82, 2.24) is 20.9 Å². The highest BCUT2D eigenvalue weighted by molar-refractivity contribution is 5.80. The van der Waals surface area contributed by atoms with Gasteiger partial charge in [0.15, 0.2) is 0 Å². The Morgan fingerprint density at radius 3 is 2.65 bits per heavy atom. The van der Waals surface area contributed by atoms with E-state index in [1.54, 1.807) is 14.0 Å². The Morgan fingerprint density at radius 1 is 1.30 bits per heavy atom. The predicted octanol–water partition coefficient (Wildman–Crippen LogP) is 0.625. The molecule has 2 N–H and O–H groups in total. The summed E-state index contributed by atoms with van der Waals surface area (Å²) in [5, 5.41) is 2.58. The summed E-state index contributed by atoms with van der Waals surface area (Å²) in [5.41, 5.74) is 6.92. The maximum atomic E-state index is 12.0. The van der Waals surface area contributed by atoms with Crippen molar-refractivity contribution < 1.29 is 14.3 Å². The second kappa shape index (κ2) is 6.36. The Labute approximate surface area is 117 Å². The number of nitrogens with one attached hydrogen (secondary N) is 2. The van der Waals surface area contributed by atoms with Crippen molar-refractivity contribution in [3.05, 3.63) is 35.9 Å². The molecule has 0 spiro atoms. The van der Waals surface area contributed by atoms with Crippen molar-refractivity contribution in [2.45, 2.75) is 13.1 Å². The quantitative estimate of drug-likeness (QED) is 0.790. The highest BCUT2D eigenvalue weighted by Crippen LogP contribution is 2.14. The summed E-state index contributed by atoms with van der Waals surface area (Å²) in [7, 11) is 1.61. The number of esters is 1. The third kappa shape index (κ3) is 3.25. The zero-order valence-electron chi connectivity index (χ0n) is 11.5. The lowest BCUT2D eigenvalue weighted by Crippen LogP contribution is -2.64. The van der Waals surface area contributed by atoms with E-state index < -0.39 is 5.97 Å². The van der Waals surface area contributed by atoms with E-state index in [0.29, 0.717) is 0 Å². The minimum absolute atomic E-state index is 0.137. The van der Waals surface area contributed by atoms with Crippen molar-refractivity contribution in [2.75, 3.05) is 20.2 Å². The van der Waals surface area contributed by atoms with Crippen LogP contribution in [0.3, 0.4) is 0 Å². The predicted molar refractivity (Wildman–Crippen MR) is 72.0 cm³/mol. The van der Waals surface area contributed by atoms with Gasteiger partial charge in [-0.3, -0.25) is 9.80 Å². The molecule has 1 aliphatic heterocycles. The highest BCUT2D eigenvalue weighted by Gasteiger charge is 2.31. The van der Waals surface area contributed by atoms with Gasteiger partial charge in [-0.05, 0) is 12.5 Å². The molecule has 1 aromatic rings. The van der Waals surface area contributed by atoms with Gasteiger partial charge in [-0.15, -0.1) is 0 Å². The van der Waals surface area contributed by atoms with Crippen LogP contribution >= 0.6 is 0 Å². The van der Waals surface area contributed by atoms with Crippen molar-refractivity contribution in [3.63, 3.8) is 0 Å². The molecule has 108 valence electrons. The van der Waals surface area contributed by atoms with Gasteiger partial charge in [0.2, 0.25) is 0 Å². The maximum Gasteiger partial charge on any atom is 0.349 e. The van der Waals surface area contributed by atoms with Crippen molar-refractivity contribution in [3.8, 4) is 0 Å². The van der Waals surface area contributed by atoms with Gasteiger partial charge in [0.05, 0.1) is 6.61 Å². The molecule has 0 aromatic heterocycles. The lowest BCUT2D eigenvalue weighted by molar-refractivity contribution is -0.145. The number of nitrogens with zero attached hydrogens (tertiary/aromatic N) is 2. The number of hydrazine groups is 2. The first kappa shape index (κ1) is 14.3. The van der Waals surface area contributed by atoms with Crippen LogP contribution in [-0.4, -0.2) is 42.2 Å². The normalized spacial score (nSPS) is 19.1. The smallest absolute Gasteiger partial charge is 0.349 e. The Balaban J connectivity index is 2.08. The van der Waals surface area contributed by atoms with E-state index in [1.165, 1.54) is 10.0 Å². The maximum absolute atomic E-state index is 12.0. The lowest BCUT2D eigenvalue weighted by Gasteiger charge is -2.39. The standard InChI is InChI=1S/C13H18N4O3/c1-3-20-11(18)9-17-13(19)16(2)14-12(15-17)10-7-5-4-6-8-10/h4-8,12,14-15H,3,9H2,1-2H3. The zero-order valence-corrected chi connectivity index (χ0v) is 11.5. The number of rotatable bonds is 4. The molecular formula is C13H18N4O3. The van der Waals surface area contributed by atoms with Gasteiger partial charge in [-0.1, -0.05) is 30.3 Å². The van der Waals surface area contributed by atoms with Gasteiger partial charge in [0.25, 0.3) is 0 Å². The molecule has 1 fully saturated rings. The van der Waals surface area contributed by atoms with Crippen LogP contribution in [0.1, 0.15) is 18.7 Å². The van der Waals surface area contributed by atoms with Gasteiger partial charge in [-0.2, -0.15) is 0 Å². The fraction of sp³-hybridized carbons (Fsp3) is 0.385. The number of carbonyl (C=O) groups is 2. The van der Waals surface area contributed by atoms with E-state index in [2.05, 4.69) is 10.9 Å². The molecule has 1 aromatic carbocycles. The first-order valence-corrected chi connectivity index (χ1v) is 6.40. The fourth-order valence-corrected chi connectivity index (χ4v) is 1.91. The molecule has 7 nitrogen and oxygen atoms in total. The molecule has 20 heavy (non-hydrogen) atoms. The Morgan fingerprint density at radius 2 is 2.00 bits per heavy atom. The van der Waals surface area contributed by atoms with Gasteiger partial charge >= 0.3 is 12.0 Å². The van der Waals surface area contributed by atoms with Gasteiger partial charge in [0.1, 0.15) is 12.7 Å². The minimum Gasteiger partial charge on any atom is -0.465 e. The summed E-state index contributed by atoms with van der Waals surface area (Å²) in [5.74, 6) is -0.449. The number of carbonyl (C=O) groups excluding carboxylic acids is 2. The molecule has 0 aliphatic carbocycles. The van der Waals surface area contributed by atoms with Crippen LogP contribution in [0.5, 0.6) is 0 Å². The van der Waals surface area contributed by atoms with Crippen molar-refractivity contribution in [1.29, 1.82) is 0 Å². The SMILES string of the molecule is CCOC(=O)CN1NC(c2ccccc2)NN(C)C1=O. The van der Waals surface area contributed by atoms with E-state index in [9.17, 15) is 9.59 Å². The molecule has 7 heteroatoms. The number of hydrogen-bond acceptors (Lipinski definition) is 5. The van der Waals surface area contributed by atoms with E-state index >= 15 is 0 Å². The summed E-state index contributed by atoms with van der Waals surface area (Å²) >= 11 is 0. The number of urea groups is 1. The fourth-order valence-electron chi connectivity index (χ4n) is 1.91. The van der Waals surface area contributed by atoms with Crippen LogP contribution in [0.15, 0.2) is 30.3 Å².